The highest BCUT2D eigenvalue weighted by atomic mass is 16.6. The van der Waals surface area contributed by atoms with Crippen LogP contribution >= 0.6 is 0 Å². The average molecular weight is 344 g/mol. The molecule has 0 unspecified atom stereocenters. The fourth-order valence-electron chi connectivity index (χ4n) is 5.12. The Balaban J connectivity index is 1.65. The first kappa shape index (κ1) is 15.4. The van der Waals surface area contributed by atoms with Gasteiger partial charge >= 0.3 is 5.69 Å². The molecule has 1 saturated heterocycles. The van der Waals surface area contributed by atoms with Gasteiger partial charge in [-0.2, -0.15) is 0 Å². The standard InChI is InChI=1S/C18H24N4O3/c1-3-5-21-16-12(17(23)22(6-4-2)18(21)24)19-15(20-16)11-8-9-7-10(11)14-13(9)25-14/h9-11,13-14H,3-8H2,1-2H3,(H,19,20)/t9-,10+,11-,13-,14-/m0/s1. The Hall–Kier alpha value is -1.89. The fourth-order valence-corrected chi connectivity index (χ4v) is 5.12. The lowest BCUT2D eigenvalue weighted by molar-refractivity contribution is 0.260. The minimum atomic E-state index is -0.239. The molecule has 25 heavy (non-hydrogen) atoms. The molecular weight excluding hydrogens is 320 g/mol. The zero-order valence-electron chi connectivity index (χ0n) is 14.7. The molecular formula is C18H24N4O3. The Morgan fingerprint density at radius 2 is 1.88 bits per heavy atom. The molecule has 5 atom stereocenters. The van der Waals surface area contributed by atoms with E-state index < -0.39 is 0 Å². The molecule has 2 aliphatic carbocycles. The summed E-state index contributed by atoms with van der Waals surface area (Å²) >= 11 is 0. The van der Waals surface area contributed by atoms with Gasteiger partial charge in [-0.15, -0.1) is 0 Å². The molecule has 2 aromatic rings. The molecule has 2 saturated carbocycles. The van der Waals surface area contributed by atoms with Crippen molar-refractivity contribution in [1.29, 1.82) is 0 Å². The van der Waals surface area contributed by atoms with Gasteiger partial charge in [0.25, 0.3) is 5.56 Å². The SMILES string of the molecule is CCCn1c(=O)c2[nH]c([C@H]3C[C@@H]4C[C@H]3[C@@H]3O[C@@H]43)nc2n(CCC)c1=O. The van der Waals surface area contributed by atoms with E-state index in [4.69, 9.17) is 9.72 Å². The summed E-state index contributed by atoms with van der Waals surface area (Å²) in [5.41, 5.74) is 0.525. The Labute approximate surface area is 145 Å². The highest BCUT2D eigenvalue weighted by Crippen LogP contribution is 2.61. The summed E-state index contributed by atoms with van der Waals surface area (Å²) in [5, 5.41) is 0. The summed E-state index contributed by atoms with van der Waals surface area (Å²) in [6, 6.07) is 0. The van der Waals surface area contributed by atoms with Crippen LogP contribution in [0.3, 0.4) is 0 Å². The van der Waals surface area contributed by atoms with E-state index in [0.717, 1.165) is 25.1 Å². The quantitative estimate of drug-likeness (QED) is 0.835. The van der Waals surface area contributed by atoms with E-state index in [-0.39, 0.29) is 11.2 Å². The molecule has 1 N–H and O–H groups in total. The molecule has 3 fully saturated rings. The summed E-state index contributed by atoms with van der Waals surface area (Å²) in [4.78, 5) is 33.6. The smallest absolute Gasteiger partial charge is 0.332 e. The van der Waals surface area contributed by atoms with Crippen molar-refractivity contribution in [1.82, 2.24) is 19.1 Å². The number of ether oxygens (including phenoxy) is 1. The average Bonchev–Trinajstić information content (AvgIpc) is 2.99. The van der Waals surface area contributed by atoms with Crippen LogP contribution in [0.1, 0.15) is 51.3 Å². The van der Waals surface area contributed by atoms with Crippen LogP contribution in [0.2, 0.25) is 0 Å². The predicted octanol–water partition coefficient (Wildman–Crippen LogP) is 1.60. The van der Waals surface area contributed by atoms with E-state index in [2.05, 4.69) is 4.98 Å². The van der Waals surface area contributed by atoms with E-state index in [1.807, 2.05) is 13.8 Å². The van der Waals surface area contributed by atoms with Gasteiger partial charge in [-0.25, -0.2) is 9.78 Å². The van der Waals surface area contributed by atoms with Crippen LogP contribution in [0.5, 0.6) is 0 Å². The van der Waals surface area contributed by atoms with Crippen LogP contribution in [-0.4, -0.2) is 31.3 Å². The second-order valence-electron chi connectivity index (χ2n) is 7.78. The molecule has 2 bridgehead atoms. The molecule has 3 aliphatic rings. The topological polar surface area (TPSA) is 85.2 Å². The number of nitrogens with zero attached hydrogens (tertiary/aromatic N) is 3. The molecule has 0 radical (unpaired) electrons. The molecule has 1 aliphatic heterocycles. The van der Waals surface area contributed by atoms with Crippen LogP contribution < -0.4 is 11.2 Å². The summed E-state index contributed by atoms with van der Waals surface area (Å²) in [5.74, 6) is 2.35. The van der Waals surface area contributed by atoms with E-state index in [9.17, 15) is 9.59 Å². The minimum Gasteiger partial charge on any atom is -0.369 e. The van der Waals surface area contributed by atoms with E-state index in [0.29, 0.717) is 54.2 Å². The van der Waals surface area contributed by atoms with Crippen molar-refractivity contribution in [3.63, 3.8) is 0 Å². The third-order valence-corrected chi connectivity index (χ3v) is 6.22. The normalized spacial score (nSPS) is 32.5. The maximum Gasteiger partial charge on any atom is 0.332 e. The van der Waals surface area contributed by atoms with Crippen molar-refractivity contribution < 1.29 is 4.74 Å². The third kappa shape index (κ3) is 2.05. The zero-order valence-corrected chi connectivity index (χ0v) is 14.7. The van der Waals surface area contributed by atoms with Crippen molar-refractivity contribution in [3.05, 3.63) is 26.7 Å². The summed E-state index contributed by atoms with van der Waals surface area (Å²) in [6.45, 7) is 5.02. The number of nitrogens with one attached hydrogen (secondary N) is 1. The lowest BCUT2D eigenvalue weighted by atomic mass is 9.88. The Bertz CT molecular complexity index is 956. The van der Waals surface area contributed by atoms with Gasteiger partial charge in [-0.3, -0.25) is 13.9 Å². The number of aromatic nitrogens is 4. The van der Waals surface area contributed by atoms with Gasteiger partial charge in [0.15, 0.2) is 5.65 Å². The number of hydrogen-bond donors (Lipinski definition) is 1. The van der Waals surface area contributed by atoms with Crippen LogP contribution in [-0.2, 0) is 17.8 Å². The van der Waals surface area contributed by atoms with Gasteiger partial charge in [0.2, 0.25) is 0 Å². The van der Waals surface area contributed by atoms with Crippen molar-refractivity contribution in [3.8, 4) is 0 Å². The van der Waals surface area contributed by atoms with Crippen molar-refractivity contribution >= 4 is 11.2 Å². The Kier molecular flexibility index (Phi) is 3.26. The van der Waals surface area contributed by atoms with E-state index in [1.54, 1.807) is 4.57 Å². The third-order valence-electron chi connectivity index (χ3n) is 6.22. The predicted molar refractivity (Wildman–Crippen MR) is 92.8 cm³/mol. The molecule has 0 spiro atoms. The fraction of sp³-hybridized carbons (Fsp3) is 0.722. The van der Waals surface area contributed by atoms with Crippen LogP contribution in [0.4, 0.5) is 0 Å². The van der Waals surface area contributed by atoms with E-state index >= 15 is 0 Å². The summed E-state index contributed by atoms with van der Waals surface area (Å²) < 4.78 is 8.77. The van der Waals surface area contributed by atoms with Crippen LogP contribution in [0, 0.1) is 11.8 Å². The number of epoxide rings is 1. The highest BCUT2D eigenvalue weighted by molar-refractivity contribution is 5.70. The molecule has 2 aromatic heterocycles. The second kappa shape index (κ2) is 5.30. The lowest BCUT2D eigenvalue weighted by Gasteiger charge is -2.16. The molecule has 0 aromatic carbocycles. The number of hydrogen-bond acceptors (Lipinski definition) is 4. The monoisotopic (exact) mass is 344 g/mol. The van der Waals surface area contributed by atoms with Crippen molar-refractivity contribution in [2.45, 2.75) is 70.7 Å². The van der Waals surface area contributed by atoms with E-state index in [1.165, 1.54) is 11.0 Å². The number of rotatable bonds is 5. The molecule has 134 valence electrons. The van der Waals surface area contributed by atoms with Crippen LogP contribution in [0.25, 0.3) is 11.2 Å². The van der Waals surface area contributed by atoms with Gasteiger partial charge in [0.1, 0.15) is 11.3 Å². The summed E-state index contributed by atoms with van der Waals surface area (Å²) in [6.07, 6.45) is 4.73. The first-order chi connectivity index (χ1) is 12.1. The Morgan fingerprint density at radius 1 is 1.12 bits per heavy atom. The van der Waals surface area contributed by atoms with Crippen molar-refractivity contribution in [2.75, 3.05) is 0 Å². The van der Waals surface area contributed by atoms with Crippen molar-refractivity contribution in [2.24, 2.45) is 11.8 Å². The summed E-state index contributed by atoms with van der Waals surface area (Å²) in [7, 11) is 0. The van der Waals surface area contributed by atoms with Gasteiger partial charge in [-0.1, -0.05) is 13.8 Å². The Morgan fingerprint density at radius 3 is 2.56 bits per heavy atom. The largest absolute Gasteiger partial charge is 0.369 e. The molecule has 7 heteroatoms. The number of fused-ring (bicyclic) bond motifs is 6. The molecule has 7 nitrogen and oxygen atoms in total. The van der Waals surface area contributed by atoms with Gasteiger partial charge < -0.3 is 9.72 Å². The van der Waals surface area contributed by atoms with Gasteiger partial charge in [0.05, 0.1) is 12.2 Å². The lowest BCUT2D eigenvalue weighted by Crippen LogP contribution is -2.40. The number of aryl methyl sites for hydroxylation is 1. The van der Waals surface area contributed by atoms with Crippen LogP contribution in [0.15, 0.2) is 9.59 Å². The number of H-pyrrole nitrogens is 1. The zero-order chi connectivity index (χ0) is 17.3. The first-order valence-corrected chi connectivity index (χ1v) is 9.52. The maximum atomic E-state index is 12.8. The number of aromatic amines is 1. The minimum absolute atomic E-state index is 0.238. The van der Waals surface area contributed by atoms with Gasteiger partial charge in [0, 0.05) is 19.0 Å². The maximum absolute atomic E-state index is 12.8. The first-order valence-electron chi connectivity index (χ1n) is 9.52. The molecule has 3 heterocycles. The highest BCUT2D eigenvalue weighted by Gasteiger charge is 2.63. The molecule has 0 amide bonds. The molecule has 5 rings (SSSR count). The second-order valence-corrected chi connectivity index (χ2v) is 7.78. The number of imidazole rings is 1. The van der Waals surface area contributed by atoms with Gasteiger partial charge in [-0.05, 0) is 37.5 Å².